The van der Waals surface area contributed by atoms with E-state index in [1.807, 2.05) is 0 Å². The molecule has 78 valence electrons. The summed E-state index contributed by atoms with van der Waals surface area (Å²) in [6.45, 7) is 1.70. The van der Waals surface area contributed by atoms with Crippen molar-refractivity contribution in [1.29, 1.82) is 0 Å². The molecule has 1 rings (SSSR count). The highest BCUT2D eigenvalue weighted by molar-refractivity contribution is 5.96. The summed E-state index contributed by atoms with van der Waals surface area (Å²) in [6, 6.07) is 0. The Bertz CT molecular complexity index is 283. The Kier molecular flexibility index (Phi) is 2.88. The van der Waals surface area contributed by atoms with Crippen LogP contribution in [0.1, 0.15) is 19.8 Å². The summed E-state index contributed by atoms with van der Waals surface area (Å²) >= 11 is 0. The number of carboxylic acid groups (broad SMARTS) is 2. The maximum Gasteiger partial charge on any atom is 0.308 e. The van der Waals surface area contributed by atoms with Gasteiger partial charge in [0.15, 0.2) is 0 Å². The lowest BCUT2D eigenvalue weighted by Crippen LogP contribution is -2.29. The first-order valence-electron chi connectivity index (χ1n) is 4.47. The van der Waals surface area contributed by atoms with Crippen LogP contribution < -0.4 is 0 Å². The van der Waals surface area contributed by atoms with Gasteiger partial charge in [-0.15, -0.1) is 0 Å². The van der Waals surface area contributed by atoms with Gasteiger partial charge in [-0.2, -0.15) is 0 Å². The van der Waals surface area contributed by atoms with Gasteiger partial charge in [-0.3, -0.25) is 14.4 Å². The number of aliphatic carboxylic acids is 2. The molecule has 1 aliphatic carbocycles. The molecule has 0 bridgehead atoms. The van der Waals surface area contributed by atoms with Crippen LogP contribution in [0.5, 0.6) is 0 Å². The van der Waals surface area contributed by atoms with Gasteiger partial charge in [-0.05, 0) is 6.42 Å². The quantitative estimate of drug-likeness (QED) is 0.687. The molecular formula is C9H12O5. The van der Waals surface area contributed by atoms with Crippen molar-refractivity contribution in [2.75, 3.05) is 0 Å². The van der Waals surface area contributed by atoms with Crippen LogP contribution >= 0.6 is 0 Å². The lowest BCUT2D eigenvalue weighted by atomic mass is 9.88. The van der Waals surface area contributed by atoms with Gasteiger partial charge in [0.1, 0.15) is 5.78 Å². The van der Waals surface area contributed by atoms with E-state index in [1.54, 1.807) is 6.92 Å². The summed E-state index contributed by atoms with van der Waals surface area (Å²) in [7, 11) is 0. The Balaban J connectivity index is 2.96. The molecule has 1 fully saturated rings. The fourth-order valence-electron chi connectivity index (χ4n) is 2.04. The fourth-order valence-corrected chi connectivity index (χ4v) is 2.04. The van der Waals surface area contributed by atoms with E-state index < -0.39 is 29.7 Å². The van der Waals surface area contributed by atoms with Crippen molar-refractivity contribution in [2.45, 2.75) is 19.8 Å². The lowest BCUT2D eigenvalue weighted by Gasteiger charge is -2.15. The molecule has 14 heavy (non-hydrogen) atoms. The van der Waals surface area contributed by atoms with Crippen LogP contribution in [-0.2, 0) is 14.4 Å². The number of ketones is 1. The number of carbonyl (C=O) groups excluding carboxylic acids is 1. The third-order valence-corrected chi connectivity index (χ3v) is 2.74. The van der Waals surface area contributed by atoms with E-state index in [1.165, 1.54) is 0 Å². The number of carbonyl (C=O) groups is 3. The van der Waals surface area contributed by atoms with Crippen molar-refractivity contribution >= 4 is 17.7 Å². The molecule has 0 radical (unpaired) electrons. The molecule has 1 saturated carbocycles. The van der Waals surface area contributed by atoms with Crippen LogP contribution in [0.15, 0.2) is 0 Å². The Morgan fingerprint density at radius 1 is 1.36 bits per heavy atom. The van der Waals surface area contributed by atoms with Crippen molar-refractivity contribution in [3.63, 3.8) is 0 Å². The van der Waals surface area contributed by atoms with Gasteiger partial charge in [0.2, 0.25) is 0 Å². The highest BCUT2D eigenvalue weighted by Gasteiger charge is 2.48. The second kappa shape index (κ2) is 3.77. The van der Waals surface area contributed by atoms with Crippen LogP contribution in [0.3, 0.4) is 0 Å². The number of rotatable bonds is 3. The number of carboxylic acids is 2. The molecular weight excluding hydrogens is 188 g/mol. The van der Waals surface area contributed by atoms with E-state index in [2.05, 4.69) is 0 Å². The smallest absolute Gasteiger partial charge is 0.308 e. The van der Waals surface area contributed by atoms with Gasteiger partial charge in [0.25, 0.3) is 0 Å². The molecule has 0 saturated heterocycles. The average molecular weight is 200 g/mol. The van der Waals surface area contributed by atoms with Gasteiger partial charge in [0.05, 0.1) is 11.8 Å². The molecule has 0 heterocycles. The SMILES string of the molecule is CCC1C(=O)CC(C(=O)O)C1C(=O)O. The minimum absolute atomic E-state index is 0.148. The van der Waals surface area contributed by atoms with Crippen molar-refractivity contribution in [2.24, 2.45) is 17.8 Å². The highest BCUT2D eigenvalue weighted by atomic mass is 16.4. The lowest BCUT2D eigenvalue weighted by molar-refractivity contribution is -0.153. The molecule has 0 amide bonds. The Labute approximate surface area is 80.7 Å². The largest absolute Gasteiger partial charge is 0.481 e. The van der Waals surface area contributed by atoms with Gasteiger partial charge >= 0.3 is 11.9 Å². The fraction of sp³-hybridized carbons (Fsp3) is 0.667. The third kappa shape index (κ3) is 1.62. The predicted molar refractivity (Wildman–Crippen MR) is 45.7 cm³/mol. The normalized spacial score (nSPS) is 31.8. The zero-order chi connectivity index (χ0) is 10.9. The van der Waals surface area contributed by atoms with E-state index in [0.717, 1.165) is 0 Å². The summed E-state index contributed by atoms with van der Waals surface area (Å²) < 4.78 is 0. The predicted octanol–water partition coefficient (Wildman–Crippen LogP) is 0.387. The number of hydrogen-bond donors (Lipinski definition) is 2. The Morgan fingerprint density at radius 3 is 2.29 bits per heavy atom. The van der Waals surface area contributed by atoms with Crippen molar-refractivity contribution < 1.29 is 24.6 Å². The molecule has 3 atom stereocenters. The zero-order valence-electron chi connectivity index (χ0n) is 7.77. The van der Waals surface area contributed by atoms with Crippen molar-refractivity contribution in [3.8, 4) is 0 Å². The van der Waals surface area contributed by atoms with Crippen LogP contribution in [-0.4, -0.2) is 27.9 Å². The molecule has 0 aromatic heterocycles. The summed E-state index contributed by atoms with van der Waals surface area (Å²) in [5.74, 6) is -5.35. The third-order valence-electron chi connectivity index (χ3n) is 2.74. The maximum atomic E-state index is 11.3. The Hall–Kier alpha value is -1.39. The number of hydrogen-bond acceptors (Lipinski definition) is 3. The molecule has 0 aromatic rings. The highest BCUT2D eigenvalue weighted by Crippen LogP contribution is 2.36. The van der Waals surface area contributed by atoms with Crippen molar-refractivity contribution in [3.05, 3.63) is 0 Å². The van der Waals surface area contributed by atoms with Crippen molar-refractivity contribution in [1.82, 2.24) is 0 Å². The van der Waals surface area contributed by atoms with Crippen LogP contribution in [0, 0.1) is 17.8 Å². The summed E-state index contributed by atoms with van der Waals surface area (Å²) in [4.78, 5) is 32.8. The summed E-state index contributed by atoms with van der Waals surface area (Å²) in [5.41, 5.74) is 0. The van der Waals surface area contributed by atoms with Crippen LogP contribution in [0.4, 0.5) is 0 Å². The van der Waals surface area contributed by atoms with Gasteiger partial charge in [0, 0.05) is 12.3 Å². The molecule has 0 aliphatic heterocycles. The molecule has 1 aliphatic rings. The topological polar surface area (TPSA) is 91.7 Å². The van der Waals surface area contributed by atoms with E-state index in [-0.39, 0.29) is 12.2 Å². The van der Waals surface area contributed by atoms with Gasteiger partial charge < -0.3 is 10.2 Å². The monoisotopic (exact) mass is 200 g/mol. The molecule has 5 nitrogen and oxygen atoms in total. The molecule has 0 spiro atoms. The van der Waals surface area contributed by atoms with Crippen LogP contribution in [0.2, 0.25) is 0 Å². The molecule has 0 aromatic carbocycles. The van der Waals surface area contributed by atoms with Gasteiger partial charge in [-0.25, -0.2) is 0 Å². The average Bonchev–Trinajstić information content (AvgIpc) is 2.42. The Morgan fingerprint density at radius 2 is 1.93 bits per heavy atom. The van der Waals surface area contributed by atoms with Gasteiger partial charge in [-0.1, -0.05) is 6.92 Å². The zero-order valence-corrected chi connectivity index (χ0v) is 7.77. The molecule has 3 unspecified atom stereocenters. The first-order valence-corrected chi connectivity index (χ1v) is 4.47. The standard InChI is InChI=1S/C9H12O5/c1-2-4-6(10)3-5(8(11)12)7(4)9(13)14/h4-5,7H,2-3H2,1H3,(H,11,12)(H,13,14). The maximum absolute atomic E-state index is 11.3. The molecule has 5 heteroatoms. The van der Waals surface area contributed by atoms with E-state index >= 15 is 0 Å². The van der Waals surface area contributed by atoms with E-state index in [9.17, 15) is 14.4 Å². The first-order chi connectivity index (χ1) is 6.49. The van der Waals surface area contributed by atoms with Crippen LogP contribution in [0.25, 0.3) is 0 Å². The second-order valence-corrected chi connectivity index (χ2v) is 3.49. The summed E-state index contributed by atoms with van der Waals surface area (Å²) in [6.07, 6.45) is 0.240. The first kappa shape index (κ1) is 10.7. The minimum Gasteiger partial charge on any atom is -0.481 e. The van der Waals surface area contributed by atoms with E-state index in [0.29, 0.717) is 6.42 Å². The number of Topliss-reactive ketones (excluding diaryl/α,β-unsaturated/α-hetero) is 1. The second-order valence-electron chi connectivity index (χ2n) is 3.49. The minimum atomic E-state index is -1.19. The summed E-state index contributed by atoms with van der Waals surface area (Å²) in [5, 5.41) is 17.6. The molecule has 2 N–H and O–H groups in total. The van der Waals surface area contributed by atoms with E-state index in [4.69, 9.17) is 10.2 Å².